The highest BCUT2D eigenvalue weighted by Gasteiger charge is 2.68. The molecular formula is C32H45BN6O6. The fourth-order valence-corrected chi connectivity index (χ4v) is 7.94. The Labute approximate surface area is 264 Å². The summed E-state index contributed by atoms with van der Waals surface area (Å²) < 4.78 is 13.3. The summed E-state index contributed by atoms with van der Waals surface area (Å²) in [5.41, 5.74) is 2.91. The van der Waals surface area contributed by atoms with Crippen LogP contribution in [0.4, 0.5) is 0 Å². The van der Waals surface area contributed by atoms with Gasteiger partial charge in [0, 0.05) is 5.56 Å². The number of hydrogen-bond donors (Lipinski definition) is 4. The van der Waals surface area contributed by atoms with E-state index >= 15 is 0 Å². The predicted molar refractivity (Wildman–Crippen MR) is 170 cm³/mol. The summed E-state index contributed by atoms with van der Waals surface area (Å²) in [4.78, 5) is 38.5. The van der Waals surface area contributed by atoms with E-state index in [0.717, 1.165) is 28.7 Å². The van der Waals surface area contributed by atoms with Crippen LogP contribution in [0.15, 0.2) is 42.5 Å². The molecule has 5 fully saturated rings. The first-order valence-corrected chi connectivity index (χ1v) is 16.2. The second-order valence-electron chi connectivity index (χ2n) is 14.3. The highest BCUT2D eigenvalue weighted by atomic mass is 16.7. The second-order valence-corrected chi connectivity index (χ2v) is 14.3. The summed E-state index contributed by atoms with van der Waals surface area (Å²) in [5, 5.41) is 22.2. The Morgan fingerprint density at radius 2 is 1.89 bits per heavy atom. The van der Waals surface area contributed by atoms with Gasteiger partial charge in [-0.15, -0.1) is 5.43 Å². The van der Waals surface area contributed by atoms with Gasteiger partial charge in [0.15, 0.2) is 5.03 Å². The fourth-order valence-electron chi connectivity index (χ4n) is 7.94. The number of benzene rings is 2. The summed E-state index contributed by atoms with van der Waals surface area (Å²) in [6, 6.07) is 12.4. The molecule has 7 rings (SSSR count). The van der Waals surface area contributed by atoms with Gasteiger partial charge in [-0.25, -0.2) is 10.1 Å². The van der Waals surface area contributed by atoms with Gasteiger partial charge in [-0.1, -0.05) is 64.1 Å². The average Bonchev–Trinajstić information content (AvgIpc) is 3.69. The van der Waals surface area contributed by atoms with Crippen LogP contribution in [0, 0.1) is 33.3 Å². The maximum atomic E-state index is 14.0. The van der Waals surface area contributed by atoms with Crippen LogP contribution >= 0.6 is 0 Å². The summed E-state index contributed by atoms with van der Waals surface area (Å²) in [5.74, 6) is 0.263. The van der Waals surface area contributed by atoms with Crippen LogP contribution in [0.3, 0.4) is 0 Å². The molecule has 2 aliphatic heterocycles. The lowest BCUT2D eigenvalue weighted by atomic mass is 9.43. The SMILES string of the molecule is CC(C)C[C@H](NC(=O)[C@H](CCCNC1NN1[N+](=O)[O-])NC(=O)c1cccc2ccccc12)B1O[C@@H]2C[C@@H]3C[C@@H](C3(C)C)[C@]2(C)O1. The topological polar surface area (TPSA) is 157 Å². The third kappa shape index (κ3) is 6.15. The minimum atomic E-state index is -0.835. The first kappa shape index (κ1) is 31.7. The molecule has 3 saturated carbocycles. The molecule has 1 unspecified atom stereocenters. The molecule has 2 bridgehead atoms. The van der Waals surface area contributed by atoms with Crippen molar-refractivity contribution >= 4 is 29.7 Å². The van der Waals surface area contributed by atoms with Crippen molar-refractivity contribution in [3.63, 3.8) is 0 Å². The van der Waals surface area contributed by atoms with Gasteiger partial charge in [0.2, 0.25) is 12.2 Å². The number of rotatable bonds is 13. The molecule has 2 saturated heterocycles. The Bertz CT molecular complexity index is 1450. The molecule has 45 heavy (non-hydrogen) atoms. The van der Waals surface area contributed by atoms with E-state index in [4.69, 9.17) is 9.31 Å². The van der Waals surface area contributed by atoms with Crippen molar-refractivity contribution in [1.29, 1.82) is 0 Å². The van der Waals surface area contributed by atoms with E-state index in [9.17, 15) is 19.7 Å². The summed E-state index contributed by atoms with van der Waals surface area (Å²) >= 11 is 0. The fraction of sp³-hybridized carbons (Fsp3) is 0.625. The van der Waals surface area contributed by atoms with Crippen LogP contribution in [0.1, 0.15) is 77.1 Å². The zero-order valence-corrected chi connectivity index (χ0v) is 26.7. The zero-order chi connectivity index (χ0) is 32.1. The molecule has 13 heteroatoms. The van der Waals surface area contributed by atoms with Gasteiger partial charge in [-0.2, -0.15) is 0 Å². The standard InChI is InChI=1S/C32H45BN6O6/c1-19(2)16-27(33-44-26-18-21-17-25(31(21,3)4)32(26,5)45-33)36-29(41)24(14-9-15-34-30-37-38(30)39(42)43)35-28(40)23-13-8-11-20-10-6-7-12-22(20)23/h6-8,10-13,19,21,24-27,30,34,37H,9,14-18H2,1-5H3,(H,35,40)(H,36,41)/t21-,24-,25-,26+,27-,30?,32-,38?/m0/s1. The average molecular weight is 621 g/mol. The van der Waals surface area contributed by atoms with Crippen LogP contribution in [0.25, 0.3) is 10.8 Å². The van der Waals surface area contributed by atoms with Gasteiger partial charge in [0.1, 0.15) is 6.04 Å². The molecule has 0 spiro atoms. The molecule has 2 aromatic carbocycles. The number of carbonyl (C=O) groups is 2. The Morgan fingerprint density at radius 3 is 2.60 bits per heavy atom. The zero-order valence-electron chi connectivity index (χ0n) is 26.7. The number of hydrazine groups is 2. The van der Waals surface area contributed by atoms with Crippen molar-refractivity contribution in [2.45, 2.75) is 96.7 Å². The van der Waals surface area contributed by atoms with Crippen LogP contribution in [0.2, 0.25) is 0 Å². The highest BCUT2D eigenvalue weighted by Crippen LogP contribution is 2.65. The lowest BCUT2D eigenvalue weighted by Crippen LogP contribution is -2.65. The Kier molecular flexibility index (Phi) is 8.57. The van der Waals surface area contributed by atoms with Gasteiger partial charge in [0.25, 0.3) is 5.91 Å². The van der Waals surface area contributed by atoms with Crippen LogP contribution < -0.4 is 21.4 Å². The number of nitrogens with one attached hydrogen (secondary N) is 4. The van der Waals surface area contributed by atoms with Gasteiger partial charge in [-0.3, -0.25) is 14.9 Å². The first-order chi connectivity index (χ1) is 21.4. The highest BCUT2D eigenvalue weighted by molar-refractivity contribution is 6.48. The van der Waals surface area contributed by atoms with E-state index in [-0.39, 0.29) is 35.2 Å². The Hall–Kier alpha value is -3.26. The van der Waals surface area contributed by atoms with E-state index < -0.39 is 30.1 Å². The minimum absolute atomic E-state index is 0.00598. The van der Waals surface area contributed by atoms with Crippen molar-refractivity contribution in [2.75, 3.05) is 6.54 Å². The molecule has 2 amide bonds. The van der Waals surface area contributed by atoms with Gasteiger partial charge in [-0.05, 0) is 90.7 Å². The number of hydrogen-bond acceptors (Lipinski definition) is 8. The quantitative estimate of drug-likeness (QED) is 0.0867. The first-order valence-electron chi connectivity index (χ1n) is 16.2. The normalized spacial score (nSPS) is 29.1. The third-order valence-electron chi connectivity index (χ3n) is 10.6. The van der Waals surface area contributed by atoms with Gasteiger partial charge in [0.05, 0.1) is 17.6 Å². The Balaban J connectivity index is 1.16. The third-order valence-corrected chi connectivity index (χ3v) is 10.6. The molecular weight excluding hydrogens is 575 g/mol. The largest absolute Gasteiger partial charge is 0.481 e. The molecule has 2 heterocycles. The van der Waals surface area contributed by atoms with Crippen molar-refractivity contribution in [2.24, 2.45) is 23.2 Å². The molecule has 4 N–H and O–H groups in total. The molecule has 0 aromatic heterocycles. The van der Waals surface area contributed by atoms with Crippen molar-refractivity contribution in [1.82, 2.24) is 26.5 Å². The minimum Gasteiger partial charge on any atom is -0.404 e. The predicted octanol–water partition coefficient (Wildman–Crippen LogP) is 3.40. The monoisotopic (exact) mass is 620 g/mol. The van der Waals surface area contributed by atoms with Crippen molar-refractivity contribution in [3.05, 3.63) is 58.1 Å². The summed E-state index contributed by atoms with van der Waals surface area (Å²) in [6.07, 6.45) is 3.04. The summed E-state index contributed by atoms with van der Waals surface area (Å²) in [6.45, 7) is 11.4. The van der Waals surface area contributed by atoms with Crippen molar-refractivity contribution < 1.29 is 23.9 Å². The maximum absolute atomic E-state index is 14.0. The number of carbonyl (C=O) groups excluding carboxylic acids is 2. The molecule has 0 radical (unpaired) electrons. The van der Waals surface area contributed by atoms with Gasteiger partial charge < -0.3 is 19.9 Å². The lowest BCUT2D eigenvalue weighted by Gasteiger charge is -2.64. The molecule has 12 nitrogen and oxygen atoms in total. The van der Waals surface area contributed by atoms with Crippen molar-refractivity contribution in [3.8, 4) is 0 Å². The molecule has 2 aromatic rings. The van der Waals surface area contributed by atoms with E-state index in [1.807, 2.05) is 36.4 Å². The number of fused-ring (bicyclic) bond motifs is 1. The van der Waals surface area contributed by atoms with E-state index in [1.165, 1.54) is 0 Å². The van der Waals surface area contributed by atoms with E-state index in [2.05, 4.69) is 56.0 Å². The molecule has 5 aliphatic rings. The smallest absolute Gasteiger partial charge is 0.404 e. The number of nitrogens with zero attached hydrogens (tertiary/aromatic N) is 2. The van der Waals surface area contributed by atoms with Crippen LogP contribution in [-0.4, -0.2) is 65.6 Å². The lowest BCUT2D eigenvalue weighted by molar-refractivity contribution is -0.627. The molecule has 7 atom stereocenters. The summed E-state index contributed by atoms with van der Waals surface area (Å²) in [7, 11) is -0.577. The van der Waals surface area contributed by atoms with Crippen LogP contribution in [0.5, 0.6) is 0 Å². The maximum Gasteiger partial charge on any atom is 0.481 e. The Morgan fingerprint density at radius 1 is 1.13 bits per heavy atom. The van der Waals surface area contributed by atoms with Crippen LogP contribution in [-0.2, 0) is 14.1 Å². The second kappa shape index (κ2) is 12.2. The number of amides is 2. The molecule has 242 valence electrons. The van der Waals surface area contributed by atoms with E-state index in [0.29, 0.717) is 43.2 Å². The number of nitro groups is 1. The van der Waals surface area contributed by atoms with Gasteiger partial charge >= 0.3 is 7.12 Å². The molecule has 3 aliphatic carbocycles. The van der Waals surface area contributed by atoms with E-state index in [1.54, 1.807) is 6.07 Å².